The molecule has 3 nitrogen and oxygen atoms in total. The molecule has 1 amide bonds. The van der Waals surface area contributed by atoms with Gasteiger partial charge in [0.1, 0.15) is 0 Å². The summed E-state index contributed by atoms with van der Waals surface area (Å²) in [6, 6.07) is 12.1. The van der Waals surface area contributed by atoms with Gasteiger partial charge in [-0.1, -0.05) is 0 Å². The molecule has 0 saturated carbocycles. The first-order valence-corrected chi connectivity index (χ1v) is 8.09. The second-order valence-corrected chi connectivity index (χ2v) is 7.09. The number of thiophene rings is 1. The topological polar surface area (TPSA) is 55.1 Å². The first-order valence-electron chi connectivity index (χ1n) is 6.39. The Morgan fingerprint density at radius 1 is 1.30 bits per heavy atom. The lowest BCUT2D eigenvalue weighted by atomic mass is 10.3. The van der Waals surface area contributed by atoms with Crippen molar-refractivity contribution < 1.29 is 4.79 Å². The Morgan fingerprint density at radius 3 is 2.50 bits per heavy atom. The minimum Gasteiger partial charge on any atom is -0.329 e. The van der Waals surface area contributed by atoms with E-state index in [4.69, 9.17) is 5.73 Å². The van der Waals surface area contributed by atoms with Crippen molar-refractivity contribution in [2.75, 3.05) is 11.9 Å². The van der Waals surface area contributed by atoms with Gasteiger partial charge in [-0.05, 0) is 43.3 Å². The zero-order valence-corrected chi connectivity index (χ0v) is 13.2. The lowest BCUT2D eigenvalue weighted by molar-refractivity contribution is -0.114. The molecule has 1 aromatic heterocycles. The van der Waals surface area contributed by atoms with Crippen LogP contribution in [0.1, 0.15) is 21.9 Å². The van der Waals surface area contributed by atoms with Gasteiger partial charge in [0.05, 0.1) is 5.25 Å². The number of hydrogen-bond acceptors (Lipinski definition) is 4. The summed E-state index contributed by atoms with van der Waals surface area (Å²) in [5, 5.41) is 3.04. The van der Waals surface area contributed by atoms with Crippen molar-refractivity contribution in [3.63, 3.8) is 0 Å². The molecule has 0 bridgehead atoms. The molecular weight excluding hydrogens is 288 g/mol. The zero-order chi connectivity index (χ0) is 14.5. The third kappa shape index (κ3) is 4.10. The normalized spacial score (nSPS) is 12.2. The number of nitrogens with two attached hydrogens (primary N) is 1. The molecule has 1 heterocycles. The summed E-state index contributed by atoms with van der Waals surface area (Å²) in [5.74, 6) is -0.0562. The third-order valence-electron chi connectivity index (χ3n) is 2.75. The number of carbonyl (C=O) groups is 1. The predicted molar refractivity (Wildman–Crippen MR) is 87.5 cm³/mol. The number of anilines is 1. The monoisotopic (exact) mass is 306 g/mol. The molecule has 3 N–H and O–H groups in total. The second kappa shape index (κ2) is 6.92. The van der Waals surface area contributed by atoms with Crippen molar-refractivity contribution in [1.29, 1.82) is 0 Å². The molecule has 1 unspecified atom stereocenters. The number of benzene rings is 1. The van der Waals surface area contributed by atoms with Gasteiger partial charge < -0.3 is 11.1 Å². The van der Waals surface area contributed by atoms with Crippen molar-refractivity contribution >= 4 is 34.7 Å². The Kier molecular flexibility index (Phi) is 5.23. The number of nitrogens with one attached hydrogen (secondary N) is 1. The second-order valence-electron chi connectivity index (χ2n) is 4.50. The lowest BCUT2D eigenvalue weighted by Crippen LogP contribution is -2.08. The van der Waals surface area contributed by atoms with E-state index in [1.54, 1.807) is 23.1 Å². The molecule has 20 heavy (non-hydrogen) atoms. The highest BCUT2D eigenvalue weighted by Crippen LogP contribution is 2.37. The van der Waals surface area contributed by atoms with Crippen LogP contribution in [0.15, 0.2) is 41.3 Å². The van der Waals surface area contributed by atoms with E-state index in [1.807, 2.05) is 24.3 Å². The van der Waals surface area contributed by atoms with Crippen LogP contribution in [0.4, 0.5) is 5.69 Å². The van der Waals surface area contributed by atoms with Crippen molar-refractivity contribution in [3.05, 3.63) is 46.2 Å². The van der Waals surface area contributed by atoms with Gasteiger partial charge in [-0.25, -0.2) is 0 Å². The summed E-state index contributed by atoms with van der Waals surface area (Å²) < 4.78 is 0. The standard InChI is InChI=1S/C15H18N2OS2/c1-10-3-8-14(19-10)15(9-16)20-13-6-4-12(5-7-13)17-11(2)18/h3-8,15H,9,16H2,1-2H3,(H,17,18). The molecular formula is C15H18N2OS2. The minimum atomic E-state index is -0.0562. The number of carbonyl (C=O) groups excluding carboxylic acids is 1. The van der Waals surface area contributed by atoms with Crippen LogP contribution in [-0.2, 0) is 4.79 Å². The summed E-state index contributed by atoms with van der Waals surface area (Å²) in [7, 11) is 0. The smallest absolute Gasteiger partial charge is 0.221 e. The van der Waals surface area contributed by atoms with Crippen molar-refractivity contribution in [2.45, 2.75) is 24.0 Å². The van der Waals surface area contributed by atoms with Crippen LogP contribution in [0.5, 0.6) is 0 Å². The molecule has 2 aromatic rings. The van der Waals surface area contributed by atoms with Crippen LogP contribution in [0.2, 0.25) is 0 Å². The fourth-order valence-corrected chi connectivity index (χ4v) is 3.91. The number of hydrogen-bond donors (Lipinski definition) is 2. The van der Waals surface area contributed by atoms with Gasteiger partial charge >= 0.3 is 0 Å². The molecule has 0 saturated heterocycles. The van der Waals surface area contributed by atoms with E-state index < -0.39 is 0 Å². The third-order valence-corrected chi connectivity index (χ3v) is 5.28. The Morgan fingerprint density at radius 2 is 2.00 bits per heavy atom. The largest absolute Gasteiger partial charge is 0.329 e. The van der Waals surface area contributed by atoms with Gasteiger partial charge in [0, 0.05) is 33.8 Å². The Hall–Kier alpha value is -1.30. The van der Waals surface area contributed by atoms with Gasteiger partial charge in [-0.2, -0.15) is 0 Å². The quantitative estimate of drug-likeness (QED) is 0.826. The molecule has 2 rings (SSSR count). The first kappa shape index (κ1) is 15.1. The van der Waals surface area contributed by atoms with Crippen LogP contribution in [-0.4, -0.2) is 12.5 Å². The van der Waals surface area contributed by atoms with Crippen LogP contribution in [0, 0.1) is 6.92 Å². The van der Waals surface area contributed by atoms with Crippen LogP contribution in [0.3, 0.4) is 0 Å². The molecule has 1 aromatic carbocycles. The van der Waals surface area contributed by atoms with Crippen LogP contribution < -0.4 is 11.1 Å². The van der Waals surface area contributed by atoms with Crippen molar-refractivity contribution in [2.24, 2.45) is 5.73 Å². The van der Waals surface area contributed by atoms with Crippen molar-refractivity contribution in [1.82, 2.24) is 0 Å². The average molecular weight is 306 g/mol. The van der Waals surface area contributed by atoms with Crippen LogP contribution in [0.25, 0.3) is 0 Å². The van der Waals surface area contributed by atoms with Gasteiger partial charge in [0.2, 0.25) is 5.91 Å². The maximum atomic E-state index is 11.0. The summed E-state index contributed by atoms with van der Waals surface area (Å²) in [6.07, 6.45) is 0. The summed E-state index contributed by atoms with van der Waals surface area (Å²) in [4.78, 5) is 14.7. The summed E-state index contributed by atoms with van der Waals surface area (Å²) in [5.41, 5.74) is 6.70. The first-order chi connectivity index (χ1) is 9.58. The number of aryl methyl sites for hydroxylation is 1. The predicted octanol–water partition coefficient (Wildman–Crippen LogP) is 3.81. The fourth-order valence-electron chi connectivity index (χ4n) is 1.83. The van der Waals surface area contributed by atoms with E-state index in [2.05, 4.69) is 24.4 Å². The Bertz CT molecular complexity index is 578. The molecule has 1 atom stereocenters. The molecule has 5 heteroatoms. The van der Waals surface area contributed by atoms with E-state index >= 15 is 0 Å². The zero-order valence-electron chi connectivity index (χ0n) is 11.6. The molecule has 0 aliphatic carbocycles. The van der Waals surface area contributed by atoms with Gasteiger partial charge in [0.25, 0.3) is 0 Å². The highest BCUT2D eigenvalue weighted by Gasteiger charge is 2.13. The lowest BCUT2D eigenvalue weighted by Gasteiger charge is -2.13. The highest BCUT2D eigenvalue weighted by molar-refractivity contribution is 7.99. The number of amides is 1. The van der Waals surface area contributed by atoms with Gasteiger partial charge in [-0.3, -0.25) is 4.79 Å². The molecule has 0 spiro atoms. The van der Waals surface area contributed by atoms with E-state index in [-0.39, 0.29) is 11.2 Å². The number of thioether (sulfide) groups is 1. The van der Waals surface area contributed by atoms with Crippen molar-refractivity contribution in [3.8, 4) is 0 Å². The van der Waals surface area contributed by atoms with Gasteiger partial charge in [0.15, 0.2) is 0 Å². The fraction of sp³-hybridized carbons (Fsp3) is 0.267. The molecule has 0 fully saturated rings. The minimum absolute atomic E-state index is 0.0562. The molecule has 0 aliphatic heterocycles. The highest BCUT2D eigenvalue weighted by atomic mass is 32.2. The number of rotatable bonds is 5. The van der Waals surface area contributed by atoms with E-state index in [0.717, 1.165) is 10.6 Å². The van der Waals surface area contributed by atoms with E-state index in [9.17, 15) is 4.79 Å². The molecule has 106 valence electrons. The van der Waals surface area contributed by atoms with Crippen LogP contribution >= 0.6 is 23.1 Å². The maximum absolute atomic E-state index is 11.0. The molecule has 0 radical (unpaired) electrons. The Labute approximate surface area is 127 Å². The summed E-state index contributed by atoms with van der Waals surface area (Å²) >= 11 is 3.55. The van der Waals surface area contributed by atoms with Gasteiger partial charge in [-0.15, -0.1) is 23.1 Å². The molecule has 0 aliphatic rings. The average Bonchev–Trinajstić information content (AvgIpc) is 2.84. The maximum Gasteiger partial charge on any atom is 0.221 e. The SMILES string of the molecule is CC(=O)Nc1ccc(SC(CN)c2ccc(C)s2)cc1. The van der Waals surface area contributed by atoms with E-state index in [0.29, 0.717) is 6.54 Å². The summed E-state index contributed by atoms with van der Waals surface area (Å²) in [6.45, 7) is 4.22. The van der Waals surface area contributed by atoms with E-state index in [1.165, 1.54) is 16.7 Å². The Balaban J connectivity index is 2.06.